The van der Waals surface area contributed by atoms with Gasteiger partial charge in [0.2, 0.25) is 10.0 Å². The van der Waals surface area contributed by atoms with Crippen LogP contribution in [0.2, 0.25) is 0 Å². The molecule has 6 nitrogen and oxygen atoms in total. The third-order valence-electron chi connectivity index (χ3n) is 2.53. The Morgan fingerprint density at radius 2 is 1.81 bits per heavy atom. The molecule has 0 aromatic heterocycles. The summed E-state index contributed by atoms with van der Waals surface area (Å²) in [5.41, 5.74) is 0. The van der Waals surface area contributed by atoms with Crippen molar-refractivity contribution in [3.05, 3.63) is 30.3 Å². The van der Waals surface area contributed by atoms with Gasteiger partial charge >= 0.3 is 0 Å². The molecular formula is C12H19NO5S3. The maximum Gasteiger partial charge on any atom is 0.264 e. The van der Waals surface area contributed by atoms with Crippen LogP contribution in [0.3, 0.4) is 0 Å². The van der Waals surface area contributed by atoms with Crippen molar-refractivity contribution in [1.82, 2.24) is 4.72 Å². The van der Waals surface area contributed by atoms with Crippen LogP contribution in [-0.2, 0) is 24.3 Å². The third-order valence-corrected chi connectivity index (χ3v) is 5.27. The van der Waals surface area contributed by atoms with E-state index in [9.17, 15) is 16.8 Å². The molecule has 1 aromatic rings. The summed E-state index contributed by atoms with van der Waals surface area (Å²) in [5, 5.41) is 0. The summed E-state index contributed by atoms with van der Waals surface area (Å²) in [6.45, 7) is -0.217. The van der Waals surface area contributed by atoms with Gasteiger partial charge in [-0.2, -0.15) is 20.2 Å². The number of hydrogen-bond acceptors (Lipinski definition) is 6. The molecule has 0 fully saturated rings. The van der Waals surface area contributed by atoms with Crippen LogP contribution >= 0.6 is 11.8 Å². The van der Waals surface area contributed by atoms with Crippen LogP contribution in [-0.4, -0.2) is 47.7 Å². The monoisotopic (exact) mass is 353 g/mol. The molecular weight excluding hydrogens is 334 g/mol. The molecule has 0 heterocycles. The smallest absolute Gasteiger partial charge is 0.264 e. The first kappa shape index (κ1) is 18.4. The predicted molar refractivity (Wildman–Crippen MR) is 84.3 cm³/mol. The number of benzene rings is 1. The van der Waals surface area contributed by atoms with Gasteiger partial charge in [-0.3, -0.25) is 4.18 Å². The van der Waals surface area contributed by atoms with Crippen LogP contribution < -0.4 is 4.72 Å². The number of thioether (sulfide) groups is 1. The summed E-state index contributed by atoms with van der Waals surface area (Å²) < 4.78 is 53.7. The highest BCUT2D eigenvalue weighted by Gasteiger charge is 2.21. The molecule has 0 spiro atoms. The Hall–Kier alpha value is -0.610. The molecule has 0 amide bonds. The van der Waals surface area contributed by atoms with Crippen molar-refractivity contribution in [3.63, 3.8) is 0 Å². The highest BCUT2D eigenvalue weighted by molar-refractivity contribution is 7.98. The van der Waals surface area contributed by atoms with E-state index in [1.54, 1.807) is 30.0 Å². The van der Waals surface area contributed by atoms with Gasteiger partial charge in [0, 0.05) is 6.04 Å². The Morgan fingerprint density at radius 3 is 2.33 bits per heavy atom. The molecule has 120 valence electrons. The molecule has 0 saturated heterocycles. The van der Waals surface area contributed by atoms with E-state index in [0.29, 0.717) is 12.2 Å². The fourth-order valence-corrected chi connectivity index (χ4v) is 3.74. The normalized spacial score (nSPS) is 14.0. The standard InChI is InChI=1S/C12H19NO5S3/c1-19-9-8-11(10-18-20(2,14)15)13-21(16,17)12-6-4-3-5-7-12/h3-7,11,13H,8-10H2,1-2H3/t11-/m0/s1. The lowest BCUT2D eigenvalue weighted by molar-refractivity contribution is 0.282. The van der Waals surface area contributed by atoms with Crippen molar-refractivity contribution in [2.24, 2.45) is 0 Å². The molecule has 0 aliphatic carbocycles. The summed E-state index contributed by atoms with van der Waals surface area (Å²) in [7, 11) is -7.30. The summed E-state index contributed by atoms with van der Waals surface area (Å²) in [4.78, 5) is 0.138. The number of rotatable bonds is 9. The number of hydrogen-bond donors (Lipinski definition) is 1. The molecule has 1 atom stereocenters. The average molecular weight is 353 g/mol. The van der Waals surface area contributed by atoms with Gasteiger partial charge in [-0.25, -0.2) is 13.1 Å². The minimum atomic E-state index is -3.69. The average Bonchev–Trinajstić information content (AvgIpc) is 2.42. The fourth-order valence-electron chi connectivity index (χ4n) is 1.53. The second-order valence-electron chi connectivity index (χ2n) is 4.40. The van der Waals surface area contributed by atoms with Gasteiger partial charge in [0.25, 0.3) is 10.1 Å². The summed E-state index contributed by atoms with van der Waals surface area (Å²) >= 11 is 1.55. The van der Waals surface area contributed by atoms with Gasteiger partial charge < -0.3 is 0 Å². The summed E-state index contributed by atoms with van der Waals surface area (Å²) in [6.07, 6.45) is 3.30. The molecule has 0 aliphatic rings. The van der Waals surface area contributed by atoms with Gasteiger partial charge in [-0.15, -0.1) is 0 Å². The molecule has 9 heteroatoms. The van der Waals surface area contributed by atoms with Crippen molar-refractivity contribution in [3.8, 4) is 0 Å². The quantitative estimate of drug-likeness (QED) is 0.668. The molecule has 21 heavy (non-hydrogen) atoms. The van der Waals surface area contributed by atoms with Gasteiger partial charge in [0.1, 0.15) is 0 Å². The van der Waals surface area contributed by atoms with Crippen molar-refractivity contribution < 1.29 is 21.0 Å². The minimum Gasteiger partial charge on any atom is -0.269 e. The first-order valence-electron chi connectivity index (χ1n) is 6.15. The zero-order valence-electron chi connectivity index (χ0n) is 11.9. The van der Waals surface area contributed by atoms with Crippen LogP contribution in [0.1, 0.15) is 6.42 Å². The van der Waals surface area contributed by atoms with Gasteiger partial charge in [-0.05, 0) is 30.6 Å². The summed E-state index contributed by atoms with van der Waals surface area (Å²) in [6, 6.07) is 7.32. The number of sulfonamides is 1. The fraction of sp³-hybridized carbons (Fsp3) is 0.500. The topological polar surface area (TPSA) is 89.5 Å². The molecule has 1 N–H and O–H groups in total. The van der Waals surface area contributed by atoms with Gasteiger partial charge in [0.15, 0.2) is 0 Å². The van der Waals surface area contributed by atoms with Crippen LogP contribution in [0, 0.1) is 0 Å². The lowest BCUT2D eigenvalue weighted by Gasteiger charge is -2.18. The Balaban J connectivity index is 2.80. The van der Waals surface area contributed by atoms with E-state index < -0.39 is 26.2 Å². The molecule has 0 radical (unpaired) electrons. The highest BCUT2D eigenvalue weighted by Crippen LogP contribution is 2.11. The van der Waals surface area contributed by atoms with E-state index in [1.165, 1.54) is 12.1 Å². The van der Waals surface area contributed by atoms with Crippen molar-refractivity contribution in [2.45, 2.75) is 17.4 Å². The highest BCUT2D eigenvalue weighted by atomic mass is 32.2. The second-order valence-corrected chi connectivity index (χ2v) is 8.74. The minimum absolute atomic E-state index is 0.138. The third kappa shape index (κ3) is 7.28. The van der Waals surface area contributed by atoms with E-state index in [1.807, 2.05) is 6.26 Å². The van der Waals surface area contributed by atoms with E-state index in [2.05, 4.69) is 4.72 Å². The first-order chi connectivity index (χ1) is 9.74. The van der Waals surface area contributed by atoms with Crippen molar-refractivity contribution in [2.75, 3.05) is 24.9 Å². The molecule has 0 aliphatic heterocycles. The zero-order chi connectivity index (χ0) is 15.9. The SMILES string of the molecule is CSCC[C@@H](COS(C)(=O)=O)NS(=O)(=O)c1ccccc1. The van der Waals surface area contributed by atoms with Crippen LogP contribution in [0.5, 0.6) is 0 Å². The van der Waals surface area contributed by atoms with Crippen LogP contribution in [0.15, 0.2) is 35.2 Å². The Kier molecular flexibility index (Phi) is 7.14. The molecule has 0 saturated carbocycles. The van der Waals surface area contributed by atoms with Gasteiger partial charge in [0.05, 0.1) is 17.8 Å². The van der Waals surface area contributed by atoms with Gasteiger partial charge in [-0.1, -0.05) is 18.2 Å². The lowest BCUT2D eigenvalue weighted by atomic mass is 10.3. The first-order valence-corrected chi connectivity index (χ1v) is 10.8. The summed E-state index contributed by atoms with van der Waals surface area (Å²) in [5.74, 6) is 0.690. The van der Waals surface area contributed by atoms with Crippen molar-refractivity contribution >= 4 is 31.9 Å². The van der Waals surface area contributed by atoms with E-state index in [0.717, 1.165) is 6.26 Å². The maximum absolute atomic E-state index is 12.2. The largest absolute Gasteiger partial charge is 0.269 e. The van der Waals surface area contributed by atoms with E-state index >= 15 is 0 Å². The lowest BCUT2D eigenvalue weighted by Crippen LogP contribution is -2.39. The maximum atomic E-state index is 12.2. The second kappa shape index (κ2) is 8.14. The molecule has 0 unspecified atom stereocenters. The predicted octanol–water partition coefficient (Wildman–Crippen LogP) is 1.06. The Labute approximate surface area is 130 Å². The van der Waals surface area contributed by atoms with E-state index in [-0.39, 0.29) is 11.5 Å². The van der Waals surface area contributed by atoms with Crippen molar-refractivity contribution in [1.29, 1.82) is 0 Å². The Bertz CT molecular complexity index is 628. The van der Waals surface area contributed by atoms with Crippen LogP contribution in [0.25, 0.3) is 0 Å². The molecule has 1 rings (SSSR count). The number of nitrogens with one attached hydrogen (secondary N) is 1. The van der Waals surface area contributed by atoms with Crippen LogP contribution in [0.4, 0.5) is 0 Å². The zero-order valence-corrected chi connectivity index (χ0v) is 14.3. The molecule has 1 aromatic carbocycles. The Morgan fingerprint density at radius 1 is 1.19 bits per heavy atom. The molecule has 0 bridgehead atoms. The van der Waals surface area contributed by atoms with E-state index in [4.69, 9.17) is 4.18 Å².